The van der Waals surface area contributed by atoms with Gasteiger partial charge in [0, 0.05) is 28.6 Å². The SMILES string of the molecule is CCCCN(C(=O)NCCc1ccccc1)c1ccc(Sc2cccc(CC(=O)O)c2)cc1. The fourth-order valence-corrected chi connectivity index (χ4v) is 4.34. The van der Waals surface area contributed by atoms with Gasteiger partial charge in [0.1, 0.15) is 0 Å². The van der Waals surface area contributed by atoms with E-state index < -0.39 is 5.97 Å². The number of anilines is 1. The molecule has 0 atom stereocenters. The van der Waals surface area contributed by atoms with Gasteiger partial charge in [-0.25, -0.2) is 4.79 Å². The highest BCUT2D eigenvalue weighted by molar-refractivity contribution is 7.99. The van der Waals surface area contributed by atoms with Crippen molar-refractivity contribution in [1.82, 2.24) is 5.32 Å². The molecule has 0 bridgehead atoms. The third kappa shape index (κ3) is 7.99. The lowest BCUT2D eigenvalue weighted by atomic mass is 10.1. The standard InChI is InChI=1S/C27H30N2O3S/c1-2-3-18-29(27(32)28-17-16-21-8-5-4-6-9-21)23-12-14-24(15-13-23)33-25-11-7-10-22(19-25)20-26(30)31/h4-15,19H,2-3,16-18,20H2,1H3,(H,28,32)(H,30,31). The van der Waals surface area contributed by atoms with Crippen LogP contribution in [0.15, 0.2) is 88.7 Å². The number of carbonyl (C=O) groups is 2. The molecule has 172 valence electrons. The van der Waals surface area contributed by atoms with Crippen molar-refractivity contribution >= 4 is 29.4 Å². The van der Waals surface area contributed by atoms with E-state index in [0.717, 1.165) is 40.3 Å². The zero-order valence-corrected chi connectivity index (χ0v) is 19.7. The van der Waals surface area contributed by atoms with Crippen molar-refractivity contribution in [3.63, 3.8) is 0 Å². The van der Waals surface area contributed by atoms with E-state index in [-0.39, 0.29) is 12.5 Å². The van der Waals surface area contributed by atoms with Crippen molar-refractivity contribution in [2.24, 2.45) is 0 Å². The van der Waals surface area contributed by atoms with Gasteiger partial charge in [-0.05, 0) is 60.4 Å². The summed E-state index contributed by atoms with van der Waals surface area (Å²) in [7, 11) is 0. The fourth-order valence-electron chi connectivity index (χ4n) is 3.44. The molecule has 0 heterocycles. The summed E-state index contributed by atoms with van der Waals surface area (Å²) in [6, 6.07) is 25.6. The van der Waals surface area contributed by atoms with E-state index in [2.05, 4.69) is 24.4 Å². The first-order chi connectivity index (χ1) is 16.0. The Morgan fingerprint density at radius 1 is 0.909 bits per heavy atom. The number of urea groups is 1. The molecule has 2 N–H and O–H groups in total. The molecule has 3 aromatic rings. The maximum atomic E-state index is 12.9. The predicted molar refractivity (Wildman–Crippen MR) is 134 cm³/mol. The number of carbonyl (C=O) groups excluding carboxylic acids is 1. The Morgan fingerprint density at radius 3 is 2.33 bits per heavy atom. The number of hydrogen-bond donors (Lipinski definition) is 2. The van der Waals surface area contributed by atoms with Crippen LogP contribution in [0.5, 0.6) is 0 Å². The summed E-state index contributed by atoms with van der Waals surface area (Å²) >= 11 is 1.58. The summed E-state index contributed by atoms with van der Waals surface area (Å²) in [6.07, 6.45) is 2.75. The van der Waals surface area contributed by atoms with Crippen LogP contribution in [-0.2, 0) is 17.6 Å². The number of carboxylic acid groups (broad SMARTS) is 1. The monoisotopic (exact) mass is 462 g/mol. The Morgan fingerprint density at radius 2 is 1.64 bits per heavy atom. The molecule has 0 unspecified atom stereocenters. The van der Waals surface area contributed by atoms with Crippen LogP contribution in [0, 0.1) is 0 Å². The van der Waals surface area contributed by atoms with Crippen LogP contribution >= 0.6 is 11.8 Å². The lowest BCUT2D eigenvalue weighted by molar-refractivity contribution is -0.136. The smallest absolute Gasteiger partial charge is 0.321 e. The van der Waals surface area contributed by atoms with E-state index in [1.165, 1.54) is 5.56 Å². The van der Waals surface area contributed by atoms with E-state index in [0.29, 0.717) is 13.1 Å². The summed E-state index contributed by atoms with van der Waals surface area (Å²) in [5.41, 5.74) is 2.85. The van der Waals surface area contributed by atoms with Crippen molar-refractivity contribution < 1.29 is 14.7 Å². The van der Waals surface area contributed by atoms with E-state index >= 15 is 0 Å². The van der Waals surface area contributed by atoms with Gasteiger partial charge in [-0.2, -0.15) is 0 Å². The maximum absolute atomic E-state index is 12.9. The molecule has 0 saturated carbocycles. The molecule has 0 saturated heterocycles. The first kappa shape index (κ1) is 24.4. The van der Waals surface area contributed by atoms with Crippen molar-refractivity contribution in [3.05, 3.63) is 90.0 Å². The van der Waals surface area contributed by atoms with Crippen LogP contribution in [0.25, 0.3) is 0 Å². The van der Waals surface area contributed by atoms with Crippen LogP contribution in [0.4, 0.5) is 10.5 Å². The van der Waals surface area contributed by atoms with Gasteiger partial charge in [0.25, 0.3) is 0 Å². The highest BCUT2D eigenvalue weighted by Crippen LogP contribution is 2.30. The van der Waals surface area contributed by atoms with Crippen LogP contribution < -0.4 is 10.2 Å². The maximum Gasteiger partial charge on any atom is 0.321 e. The third-order valence-corrected chi connectivity index (χ3v) is 6.15. The highest BCUT2D eigenvalue weighted by atomic mass is 32.2. The van der Waals surface area contributed by atoms with Gasteiger partial charge in [-0.3, -0.25) is 9.69 Å². The molecule has 2 amide bonds. The van der Waals surface area contributed by atoms with Gasteiger partial charge in [-0.15, -0.1) is 0 Å². The average Bonchev–Trinajstić information content (AvgIpc) is 2.81. The Kier molecular flexibility index (Phi) is 9.39. The number of aliphatic carboxylic acids is 1. The Bertz CT molecular complexity index is 1040. The summed E-state index contributed by atoms with van der Waals surface area (Å²) in [4.78, 5) is 27.7. The van der Waals surface area contributed by atoms with Gasteiger partial charge in [0.2, 0.25) is 0 Å². The van der Waals surface area contributed by atoms with Gasteiger partial charge in [0.15, 0.2) is 0 Å². The van der Waals surface area contributed by atoms with Crippen molar-refractivity contribution in [2.45, 2.75) is 42.4 Å². The van der Waals surface area contributed by atoms with E-state index in [1.807, 2.05) is 66.7 Å². The summed E-state index contributed by atoms with van der Waals surface area (Å²) in [5, 5.41) is 12.1. The molecule has 0 spiro atoms. The number of benzene rings is 3. The Balaban J connectivity index is 1.63. The number of amides is 2. The number of carboxylic acids is 1. The summed E-state index contributed by atoms with van der Waals surface area (Å²) in [5.74, 6) is -0.837. The molecule has 3 aromatic carbocycles. The van der Waals surface area contributed by atoms with Crippen molar-refractivity contribution in [3.8, 4) is 0 Å². The second-order valence-corrected chi connectivity index (χ2v) is 8.93. The lowest BCUT2D eigenvalue weighted by Crippen LogP contribution is -2.41. The topological polar surface area (TPSA) is 69.6 Å². The first-order valence-electron chi connectivity index (χ1n) is 11.2. The number of rotatable bonds is 11. The van der Waals surface area contributed by atoms with Gasteiger partial charge < -0.3 is 10.4 Å². The van der Waals surface area contributed by atoms with E-state index in [1.54, 1.807) is 16.7 Å². The van der Waals surface area contributed by atoms with Crippen LogP contribution in [0.3, 0.4) is 0 Å². The largest absolute Gasteiger partial charge is 0.481 e. The lowest BCUT2D eigenvalue weighted by Gasteiger charge is -2.23. The molecule has 6 heteroatoms. The zero-order chi connectivity index (χ0) is 23.5. The predicted octanol–water partition coefficient (Wildman–Crippen LogP) is 6.02. The molecule has 0 aliphatic carbocycles. The Hall–Kier alpha value is -3.25. The highest BCUT2D eigenvalue weighted by Gasteiger charge is 2.15. The average molecular weight is 463 g/mol. The molecular formula is C27H30N2O3S. The van der Waals surface area contributed by atoms with Gasteiger partial charge in [0.05, 0.1) is 6.42 Å². The zero-order valence-electron chi connectivity index (χ0n) is 18.9. The number of nitrogens with one attached hydrogen (secondary N) is 1. The number of hydrogen-bond acceptors (Lipinski definition) is 3. The minimum absolute atomic E-state index is 0.0130. The minimum atomic E-state index is -0.837. The number of unbranched alkanes of at least 4 members (excludes halogenated alkanes) is 1. The van der Waals surface area contributed by atoms with Crippen LogP contribution in [0.1, 0.15) is 30.9 Å². The van der Waals surface area contributed by atoms with Gasteiger partial charge >= 0.3 is 12.0 Å². The molecule has 0 radical (unpaired) electrons. The summed E-state index contributed by atoms with van der Waals surface area (Å²) < 4.78 is 0. The minimum Gasteiger partial charge on any atom is -0.481 e. The molecule has 0 aliphatic heterocycles. The van der Waals surface area contributed by atoms with E-state index in [9.17, 15) is 9.59 Å². The van der Waals surface area contributed by atoms with E-state index in [4.69, 9.17) is 5.11 Å². The van der Waals surface area contributed by atoms with Gasteiger partial charge in [-0.1, -0.05) is 67.6 Å². The fraction of sp³-hybridized carbons (Fsp3) is 0.259. The molecule has 0 fully saturated rings. The Labute approximate surface area is 199 Å². The molecular weight excluding hydrogens is 432 g/mol. The van der Waals surface area contributed by atoms with Crippen LogP contribution in [-0.4, -0.2) is 30.2 Å². The summed E-state index contributed by atoms with van der Waals surface area (Å²) in [6.45, 7) is 3.37. The molecule has 3 rings (SSSR count). The molecule has 0 aliphatic rings. The quantitative estimate of drug-likeness (QED) is 0.365. The second-order valence-electron chi connectivity index (χ2n) is 7.79. The number of nitrogens with zero attached hydrogens (tertiary/aromatic N) is 1. The van der Waals surface area contributed by atoms with Crippen molar-refractivity contribution in [1.29, 1.82) is 0 Å². The molecule has 33 heavy (non-hydrogen) atoms. The molecule has 5 nitrogen and oxygen atoms in total. The first-order valence-corrected chi connectivity index (χ1v) is 12.0. The van der Waals surface area contributed by atoms with Crippen molar-refractivity contribution in [2.75, 3.05) is 18.0 Å². The molecule has 0 aromatic heterocycles. The normalized spacial score (nSPS) is 10.6. The van der Waals surface area contributed by atoms with Crippen LogP contribution in [0.2, 0.25) is 0 Å². The third-order valence-electron chi connectivity index (χ3n) is 5.15. The second kappa shape index (κ2) is 12.7.